The van der Waals surface area contributed by atoms with Crippen LogP contribution in [0.4, 0.5) is 10.1 Å². The zero-order chi connectivity index (χ0) is 21.5. The van der Waals surface area contributed by atoms with Gasteiger partial charge in [0.15, 0.2) is 0 Å². The van der Waals surface area contributed by atoms with Crippen LogP contribution in [0, 0.1) is 19.7 Å². The molecule has 2 aromatic carbocycles. The van der Waals surface area contributed by atoms with Crippen molar-refractivity contribution in [1.82, 2.24) is 9.80 Å². The minimum Gasteiger partial charge on any atom is -0.341 e. The minimum atomic E-state index is -0.278. The maximum absolute atomic E-state index is 13.0. The molecule has 0 aliphatic carbocycles. The van der Waals surface area contributed by atoms with Crippen molar-refractivity contribution in [2.45, 2.75) is 25.2 Å². The molecule has 0 bridgehead atoms. The lowest BCUT2D eigenvalue weighted by Gasteiger charge is -2.22. The molecule has 0 atom stereocenters. The monoisotopic (exact) mass is 429 g/mol. The van der Waals surface area contributed by atoms with Crippen molar-refractivity contribution >= 4 is 29.3 Å². The molecular formula is C23H28FN3O2S. The molecule has 1 aliphatic heterocycles. The average Bonchev–Trinajstić information content (AvgIpc) is 2.96. The number of thioether (sulfide) groups is 1. The molecule has 2 amide bonds. The van der Waals surface area contributed by atoms with Crippen LogP contribution in [0.2, 0.25) is 0 Å². The number of hydrogen-bond donors (Lipinski definition) is 1. The van der Waals surface area contributed by atoms with Gasteiger partial charge in [0.25, 0.3) is 0 Å². The molecule has 1 heterocycles. The number of nitrogens with zero attached hydrogens (tertiary/aromatic N) is 2. The highest BCUT2D eigenvalue weighted by Gasteiger charge is 2.21. The van der Waals surface area contributed by atoms with Gasteiger partial charge >= 0.3 is 0 Å². The van der Waals surface area contributed by atoms with Gasteiger partial charge in [-0.1, -0.05) is 18.2 Å². The summed E-state index contributed by atoms with van der Waals surface area (Å²) in [6.45, 7) is 7.06. The van der Waals surface area contributed by atoms with Crippen LogP contribution in [0.1, 0.15) is 17.5 Å². The van der Waals surface area contributed by atoms with Gasteiger partial charge in [-0.05, 0) is 55.7 Å². The molecule has 5 nitrogen and oxygen atoms in total. The van der Waals surface area contributed by atoms with Crippen molar-refractivity contribution in [3.05, 3.63) is 59.4 Å². The maximum atomic E-state index is 13.0. The summed E-state index contributed by atoms with van der Waals surface area (Å²) in [7, 11) is 0. The Bertz CT molecular complexity index is 868. The molecule has 3 rings (SSSR count). The van der Waals surface area contributed by atoms with E-state index in [2.05, 4.69) is 10.2 Å². The number of rotatable bonds is 6. The Morgan fingerprint density at radius 2 is 1.70 bits per heavy atom. The number of para-hydroxylation sites is 1. The zero-order valence-electron chi connectivity index (χ0n) is 17.5. The Balaban J connectivity index is 1.46. The van der Waals surface area contributed by atoms with Crippen LogP contribution in [0.3, 0.4) is 0 Å². The fourth-order valence-electron chi connectivity index (χ4n) is 3.54. The van der Waals surface area contributed by atoms with E-state index < -0.39 is 0 Å². The summed E-state index contributed by atoms with van der Waals surface area (Å²) in [5, 5.41) is 3.03. The SMILES string of the molecule is Cc1cccc(C)c1NC(=O)CN1CCCN(C(=O)CSc2ccc(F)cc2)CC1. The first-order chi connectivity index (χ1) is 14.4. The highest BCUT2D eigenvalue weighted by molar-refractivity contribution is 8.00. The van der Waals surface area contributed by atoms with E-state index in [9.17, 15) is 14.0 Å². The molecule has 1 saturated heterocycles. The standard InChI is InChI=1S/C23H28FN3O2S/c1-17-5-3-6-18(2)23(17)25-21(28)15-26-11-4-12-27(14-13-26)22(29)16-30-20-9-7-19(24)8-10-20/h3,5-10H,4,11-16H2,1-2H3,(H,25,28). The average molecular weight is 430 g/mol. The summed E-state index contributed by atoms with van der Waals surface area (Å²) in [6.07, 6.45) is 0.837. The van der Waals surface area contributed by atoms with E-state index in [4.69, 9.17) is 0 Å². The van der Waals surface area contributed by atoms with Crippen molar-refractivity contribution < 1.29 is 14.0 Å². The van der Waals surface area contributed by atoms with E-state index >= 15 is 0 Å². The van der Waals surface area contributed by atoms with E-state index in [1.807, 2.05) is 36.9 Å². The number of nitrogens with one attached hydrogen (secondary N) is 1. The van der Waals surface area contributed by atoms with Gasteiger partial charge in [0.2, 0.25) is 11.8 Å². The lowest BCUT2D eigenvalue weighted by molar-refractivity contribution is -0.128. The largest absolute Gasteiger partial charge is 0.341 e. The molecule has 0 spiro atoms. The van der Waals surface area contributed by atoms with Crippen molar-refractivity contribution in [2.75, 3.05) is 43.8 Å². The van der Waals surface area contributed by atoms with Crippen molar-refractivity contribution in [2.24, 2.45) is 0 Å². The molecule has 2 aromatic rings. The van der Waals surface area contributed by atoms with Crippen LogP contribution >= 0.6 is 11.8 Å². The van der Waals surface area contributed by atoms with Gasteiger partial charge in [-0.2, -0.15) is 0 Å². The molecule has 30 heavy (non-hydrogen) atoms. The second-order valence-electron chi connectivity index (χ2n) is 7.57. The third kappa shape index (κ3) is 6.31. The third-order valence-corrected chi connectivity index (χ3v) is 6.23. The number of hydrogen-bond acceptors (Lipinski definition) is 4. The van der Waals surface area contributed by atoms with Crippen molar-refractivity contribution in [3.8, 4) is 0 Å². The third-order valence-electron chi connectivity index (χ3n) is 5.23. The predicted molar refractivity (Wildman–Crippen MR) is 119 cm³/mol. The second-order valence-corrected chi connectivity index (χ2v) is 8.62. The molecule has 1 N–H and O–H groups in total. The van der Waals surface area contributed by atoms with Gasteiger partial charge in [0, 0.05) is 36.8 Å². The van der Waals surface area contributed by atoms with Crippen LogP contribution in [0.25, 0.3) is 0 Å². The first-order valence-corrected chi connectivity index (χ1v) is 11.2. The molecule has 1 fully saturated rings. The number of halogens is 1. The van der Waals surface area contributed by atoms with Crippen LogP contribution in [-0.2, 0) is 9.59 Å². The Labute approximate surface area is 181 Å². The highest BCUT2D eigenvalue weighted by Crippen LogP contribution is 2.20. The van der Waals surface area contributed by atoms with Crippen molar-refractivity contribution in [1.29, 1.82) is 0 Å². The van der Waals surface area contributed by atoms with E-state index in [1.54, 1.807) is 12.1 Å². The molecule has 7 heteroatoms. The summed E-state index contributed by atoms with van der Waals surface area (Å²) in [5.74, 6) is 0.101. The molecule has 0 radical (unpaired) electrons. The number of carbonyl (C=O) groups excluding carboxylic acids is 2. The van der Waals surface area contributed by atoms with Gasteiger partial charge < -0.3 is 10.2 Å². The van der Waals surface area contributed by atoms with Crippen LogP contribution in [0.5, 0.6) is 0 Å². The Morgan fingerprint density at radius 3 is 2.40 bits per heavy atom. The van der Waals surface area contributed by atoms with E-state index in [0.717, 1.165) is 34.7 Å². The molecule has 0 unspecified atom stereocenters. The second kappa shape index (κ2) is 10.6. The van der Waals surface area contributed by atoms with Gasteiger partial charge in [-0.25, -0.2) is 4.39 Å². The zero-order valence-corrected chi connectivity index (χ0v) is 18.3. The lowest BCUT2D eigenvalue weighted by Crippen LogP contribution is -2.38. The van der Waals surface area contributed by atoms with E-state index in [-0.39, 0.29) is 17.6 Å². The van der Waals surface area contributed by atoms with E-state index in [0.29, 0.717) is 31.9 Å². The van der Waals surface area contributed by atoms with E-state index in [1.165, 1.54) is 23.9 Å². The fourth-order valence-corrected chi connectivity index (χ4v) is 4.34. The molecule has 0 saturated carbocycles. The maximum Gasteiger partial charge on any atom is 0.238 e. The van der Waals surface area contributed by atoms with Crippen molar-refractivity contribution in [3.63, 3.8) is 0 Å². The van der Waals surface area contributed by atoms with Crippen LogP contribution in [-0.4, -0.2) is 60.1 Å². The Hall–Kier alpha value is -2.38. The lowest BCUT2D eigenvalue weighted by atomic mass is 10.1. The van der Waals surface area contributed by atoms with Gasteiger partial charge in [0.05, 0.1) is 12.3 Å². The summed E-state index contributed by atoms with van der Waals surface area (Å²) in [5.41, 5.74) is 2.98. The van der Waals surface area contributed by atoms with Crippen LogP contribution < -0.4 is 5.32 Å². The quantitative estimate of drug-likeness (QED) is 0.712. The van der Waals surface area contributed by atoms with Gasteiger partial charge in [-0.15, -0.1) is 11.8 Å². The first kappa shape index (κ1) is 22.3. The van der Waals surface area contributed by atoms with Gasteiger partial charge in [-0.3, -0.25) is 14.5 Å². The van der Waals surface area contributed by atoms with Gasteiger partial charge in [0.1, 0.15) is 5.82 Å². The number of aryl methyl sites for hydroxylation is 2. The number of amides is 2. The number of carbonyl (C=O) groups is 2. The normalized spacial score (nSPS) is 15.0. The fraction of sp³-hybridized carbons (Fsp3) is 0.391. The summed E-state index contributed by atoms with van der Waals surface area (Å²) in [6, 6.07) is 12.1. The summed E-state index contributed by atoms with van der Waals surface area (Å²) in [4.78, 5) is 29.9. The molecule has 160 valence electrons. The summed E-state index contributed by atoms with van der Waals surface area (Å²) >= 11 is 1.42. The van der Waals surface area contributed by atoms with Crippen LogP contribution in [0.15, 0.2) is 47.4 Å². The number of benzene rings is 2. The molecule has 1 aliphatic rings. The Kier molecular flexibility index (Phi) is 7.87. The first-order valence-electron chi connectivity index (χ1n) is 10.2. The smallest absolute Gasteiger partial charge is 0.238 e. The Morgan fingerprint density at radius 1 is 1.00 bits per heavy atom. The number of anilines is 1. The molecular weight excluding hydrogens is 401 g/mol. The summed E-state index contributed by atoms with van der Waals surface area (Å²) < 4.78 is 13.0. The predicted octanol–water partition coefficient (Wildman–Crippen LogP) is 3.71. The topological polar surface area (TPSA) is 52.7 Å². The molecule has 0 aromatic heterocycles. The highest BCUT2D eigenvalue weighted by atomic mass is 32.2. The minimum absolute atomic E-state index is 0.0287.